The number of nitrogens with one attached hydrogen (secondary N) is 1. The monoisotopic (exact) mass is 563 g/mol. The second-order valence-corrected chi connectivity index (χ2v) is 13.6. The molecule has 5 rings (SSSR count). The number of ether oxygens (including phenoxy) is 1. The standard InChI is InChI=1S/C25H33ClF3N3O4S/c1-22(2)20(19(33)5-4-10-25(27,28)29)30-21(31-22)23-14-24(15-23,16-23)32(37(34,35)12-11-36-3)13-17-6-8-18(26)9-7-17/h6-9,20H,4-5,10-16H2,1-3H3,(H,30,31)/t20-,23?,24?/m0/s1. The lowest BCUT2D eigenvalue weighted by atomic mass is 9.38. The molecule has 12 heteroatoms. The molecular formula is C25H33ClF3N3O4S. The van der Waals surface area contributed by atoms with Crippen LogP contribution in [0.2, 0.25) is 5.02 Å². The average Bonchev–Trinajstić information content (AvgIpc) is 3.05. The highest BCUT2D eigenvalue weighted by molar-refractivity contribution is 7.89. The number of alkyl halides is 3. The highest BCUT2D eigenvalue weighted by Gasteiger charge is 2.75. The first kappa shape index (κ1) is 28.3. The van der Waals surface area contributed by atoms with Crippen LogP contribution in [0.1, 0.15) is 57.9 Å². The summed E-state index contributed by atoms with van der Waals surface area (Å²) < 4.78 is 70.8. The topological polar surface area (TPSA) is 88.1 Å². The first-order chi connectivity index (χ1) is 17.1. The zero-order valence-corrected chi connectivity index (χ0v) is 22.8. The number of Topliss-reactive ketones (excluding diaryl/α,β-unsaturated/α-hetero) is 1. The van der Waals surface area contributed by atoms with Gasteiger partial charge in [-0.3, -0.25) is 9.79 Å². The predicted octanol–water partition coefficient (Wildman–Crippen LogP) is 4.49. The molecule has 1 aromatic carbocycles. The normalized spacial score (nSPS) is 28.3. The fourth-order valence-electron chi connectivity index (χ4n) is 5.91. The van der Waals surface area contributed by atoms with Gasteiger partial charge in [-0.2, -0.15) is 17.5 Å². The Morgan fingerprint density at radius 3 is 2.41 bits per heavy atom. The zero-order chi connectivity index (χ0) is 27.3. The Morgan fingerprint density at radius 2 is 1.84 bits per heavy atom. The molecule has 0 spiro atoms. The van der Waals surface area contributed by atoms with Crippen LogP contribution in [-0.2, 0) is 26.1 Å². The summed E-state index contributed by atoms with van der Waals surface area (Å²) in [6.07, 6.45) is -4.03. The van der Waals surface area contributed by atoms with Gasteiger partial charge in [0.15, 0.2) is 5.78 Å². The Balaban J connectivity index is 1.48. The number of hydrogen-bond donors (Lipinski definition) is 1. The predicted molar refractivity (Wildman–Crippen MR) is 135 cm³/mol. The minimum absolute atomic E-state index is 0.0846. The number of halogens is 4. The molecule has 4 aliphatic rings. The molecule has 3 saturated carbocycles. The van der Waals surface area contributed by atoms with E-state index < -0.39 is 39.7 Å². The molecule has 37 heavy (non-hydrogen) atoms. The van der Waals surface area contributed by atoms with E-state index in [4.69, 9.17) is 16.3 Å². The van der Waals surface area contributed by atoms with Crippen molar-refractivity contribution in [2.45, 2.75) is 82.2 Å². The molecule has 0 radical (unpaired) electrons. The molecule has 3 aliphatic carbocycles. The number of rotatable bonds is 12. The number of hydrogen-bond acceptors (Lipinski definition) is 6. The van der Waals surface area contributed by atoms with E-state index in [2.05, 4.69) is 10.3 Å². The lowest BCUT2D eigenvalue weighted by Crippen LogP contribution is -2.78. The van der Waals surface area contributed by atoms with E-state index in [0.717, 1.165) is 5.56 Å². The van der Waals surface area contributed by atoms with Crippen LogP contribution in [0.25, 0.3) is 0 Å². The first-order valence-corrected chi connectivity index (χ1v) is 14.3. The van der Waals surface area contributed by atoms with Gasteiger partial charge in [-0.15, -0.1) is 0 Å². The lowest BCUT2D eigenvalue weighted by Gasteiger charge is -2.73. The third kappa shape index (κ3) is 5.69. The zero-order valence-electron chi connectivity index (χ0n) is 21.2. The number of carbonyl (C=O) groups excluding carboxylic acids is 1. The summed E-state index contributed by atoms with van der Waals surface area (Å²) in [5.41, 5.74) is -0.796. The second-order valence-electron chi connectivity index (χ2n) is 11.1. The number of amidine groups is 1. The summed E-state index contributed by atoms with van der Waals surface area (Å²) in [5.74, 6) is 0.214. The van der Waals surface area contributed by atoms with Gasteiger partial charge in [0.2, 0.25) is 10.0 Å². The van der Waals surface area contributed by atoms with Gasteiger partial charge in [0.25, 0.3) is 0 Å². The van der Waals surface area contributed by atoms with Crippen molar-refractivity contribution in [3.05, 3.63) is 34.9 Å². The molecule has 1 atom stereocenters. The Hall–Kier alpha value is -1.69. The third-order valence-corrected chi connectivity index (χ3v) is 9.85. The first-order valence-electron chi connectivity index (χ1n) is 12.3. The van der Waals surface area contributed by atoms with Crippen LogP contribution in [-0.4, -0.2) is 67.1 Å². The van der Waals surface area contributed by atoms with Gasteiger partial charge in [-0.05, 0) is 57.2 Å². The van der Waals surface area contributed by atoms with E-state index in [1.54, 1.807) is 16.4 Å². The highest BCUT2D eigenvalue weighted by atomic mass is 35.5. The smallest absolute Gasteiger partial charge is 0.384 e. The number of ketones is 1. The molecule has 0 saturated heterocycles. The maximum absolute atomic E-state index is 13.3. The molecule has 1 aromatic rings. The van der Waals surface area contributed by atoms with Gasteiger partial charge < -0.3 is 10.1 Å². The van der Waals surface area contributed by atoms with Crippen LogP contribution in [0, 0.1) is 5.41 Å². The number of aliphatic imine (C=N–C) groups is 1. The van der Waals surface area contributed by atoms with Crippen molar-refractivity contribution in [2.24, 2.45) is 10.4 Å². The minimum atomic E-state index is -4.29. The molecule has 0 amide bonds. The lowest BCUT2D eigenvalue weighted by molar-refractivity contribution is -0.151. The molecule has 7 nitrogen and oxygen atoms in total. The fourth-order valence-corrected chi connectivity index (χ4v) is 7.76. The molecule has 1 heterocycles. The summed E-state index contributed by atoms with van der Waals surface area (Å²) in [4.78, 5) is 17.4. The number of benzene rings is 1. The van der Waals surface area contributed by atoms with Gasteiger partial charge in [-0.1, -0.05) is 23.7 Å². The van der Waals surface area contributed by atoms with Crippen LogP contribution >= 0.6 is 11.6 Å². The van der Waals surface area contributed by atoms with Crippen molar-refractivity contribution < 1.29 is 31.1 Å². The van der Waals surface area contributed by atoms with Gasteiger partial charge in [-0.25, -0.2) is 8.42 Å². The Bertz CT molecular complexity index is 1150. The van der Waals surface area contributed by atoms with Crippen molar-refractivity contribution in [2.75, 3.05) is 19.5 Å². The molecule has 1 aliphatic heterocycles. The van der Waals surface area contributed by atoms with E-state index in [9.17, 15) is 26.4 Å². The van der Waals surface area contributed by atoms with E-state index in [1.165, 1.54) is 7.11 Å². The largest absolute Gasteiger partial charge is 0.389 e. The van der Waals surface area contributed by atoms with E-state index in [-0.39, 0.29) is 42.9 Å². The van der Waals surface area contributed by atoms with Gasteiger partial charge >= 0.3 is 6.18 Å². The van der Waals surface area contributed by atoms with Crippen LogP contribution in [0.4, 0.5) is 13.2 Å². The average molecular weight is 564 g/mol. The Labute approximate surface area is 220 Å². The van der Waals surface area contributed by atoms with Crippen molar-refractivity contribution in [1.82, 2.24) is 9.62 Å². The van der Waals surface area contributed by atoms with Gasteiger partial charge in [0.1, 0.15) is 11.9 Å². The molecule has 206 valence electrons. The minimum Gasteiger partial charge on any atom is -0.384 e. The third-order valence-electron chi connectivity index (χ3n) is 7.73. The SMILES string of the molecule is COCCS(=O)(=O)N(Cc1ccc(Cl)cc1)C12CC(C3=N[C@@H](C(=O)CCCC(F)(F)F)C(C)(C)N3)(C1)C2. The number of sulfonamides is 1. The van der Waals surface area contributed by atoms with Crippen molar-refractivity contribution in [3.8, 4) is 0 Å². The molecule has 3 fully saturated rings. The summed E-state index contributed by atoms with van der Waals surface area (Å²) in [7, 11) is -2.16. The Kier molecular flexibility index (Phi) is 7.51. The van der Waals surface area contributed by atoms with Crippen LogP contribution in [0.3, 0.4) is 0 Å². The molecule has 0 aromatic heterocycles. The fraction of sp³-hybridized carbons (Fsp3) is 0.680. The Morgan fingerprint density at radius 1 is 1.22 bits per heavy atom. The van der Waals surface area contributed by atoms with Crippen molar-refractivity contribution >= 4 is 33.2 Å². The summed E-state index contributed by atoms with van der Waals surface area (Å²) in [6, 6.07) is 6.30. The van der Waals surface area contributed by atoms with Crippen LogP contribution < -0.4 is 5.32 Å². The van der Waals surface area contributed by atoms with Crippen molar-refractivity contribution in [1.29, 1.82) is 0 Å². The number of carbonyl (C=O) groups is 1. The summed E-state index contributed by atoms with van der Waals surface area (Å²) in [5, 5.41) is 3.90. The van der Waals surface area contributed by atoms with E-state index in [0.29, 0.717) is 30.1 Å². The summed E-state index contributed by atoms with van der Waals surface area (Å²) >= 11 is 6.00. The maximum atomic E-state index is 13.3. The molecule has 2 bridgehead atoms. The number of methoxy groups -OCH3 is 1. The molecule has 0 unspecified atom stereocenters. The van der Waals surface area contributed by atoms with Gasteiger partial charge in [0.05, 0.1) is 17.9 Å². The highest BCUT2D eigenvalue weighted by Crippen LogP contribution is 2.71. The molecular weight excluding hydrogens is 531 g/mol. The second kappa shape index (κ2) is 9.81. The summed E-state index contributed by atoms with van der Waals surface area (Å²) in [6.45, 7) is 3.93. The van der Waals surface area contributed by atoms with Crippen molar-refractivity contribution in [3.63, 3.8) is 0 Å². The van der Waals surface area contributed by atoms with Gasteiger partial charge in [0, 0.05) is 42.5 Å². The van der Waals surface area contributed by atoms with E-state index in [1.807, 2.05) is 26.0 Å². The quantitative estimate of drug-likeness (QED) is 0.405. The van der Waals surface area contributed by atoms with E-state index >= 15 is 0 Å². The number of nitrogens with zero attached hydrogens (tertiary/aromatic N) is 2. The maximum Gasteiger partial charge on any atom is 0.389 e. The molecule has 1 N–H and O–H groups in total. The van der Waals surface area contributed by atoms with Crippen LogP contribution in [0.15, 0.2) is 29.3 Å². The van der Waals surface area contributed by atoms with Crippen LogP contribution in [0.5, 0.6) is 0 Å².